The number of carbonyl (C=O) groups is 2. The number of amides is 1. The Labute approximate surface area is 147 Å². The summed E-state index contributed by atoms with van der Waals surface area (Å²) in [5, 5.41) is 11.2. The van der Waals surface area contributed by atoms with Gasteiger partial charge < -0.3 is 9.84 Å². The molecule has 2 N–H and O–H groups in total. The highest BCUT2D eigenvalue weighted by Gasteiger charge is 2.16. The van der Waals surface area contributed by atoms with E-state index in [4.69, 9.17) is 9.84 Å². The number of carboxylic acid groups (broad SMARTS) is 1. The minimum atomic E-state index is -1.33. The molecule has 1 aromatic carbocycles. The Morgan fingerprint density at radius 3 is 2.50 bits per heavy atom. The fourth-order valence-corrected chi connectivity index (χ4v) is 2.19. The van der Waals surface area contributed by atoms with Crippen LogP contribution < -0.4 is 16.6 Å². The van der Waals surface area contributed by atoms with Crippen LogP contribution in [0.15, 0.2) is 58.6 Å². The van der Waals surface area contributed by atoms with Crippen molar-refractivity contribution in [1.82, 2.24) is 9.13 Å². The number of hydrogen-bond acceptors (Lipinski definition) is 5. The molecule has 1 aromatic heterocycles. The largest absolute Gasteiger partial charge is 0.480 e. The van der Waals surface area contributed by atoms with Gasteiger partial charge >= 0.3 is 17.8 Å². The second-order valence-electron chi connectivity index (χ2n) is 5.21. The number of carbonyl (C=O) groups excluding carboxylic acids is 1. The first-order valence-electron chi connectivity index (χ1n) is 7.57. The normalized spacial score (nSPS) is 10.2. The van der Waals surface area contributed by atoms with Gasteiger partial charge in [-0.15, -0.1) is 0 Å². The van der Waals surface area contributed by atoms with E-state index >= 15 is 0 Å². The van der Waals surface area contributed by atoms with Gasteiger partial charge in [-0.1, -0.05) is 43.0 Å². The van der Waals surface area contributed by atoms with Gasteiger partial charge in [0.2, 0.25) is 0 Å². The van der Waals surface area contributed by atoms with E-state index in [-0.39, 0.29) is 19.0 Å². The first kappa shape index (κ1) is 18.7. The van der Waals surface area contributed by atoms with Crippen LogP contribution in [0.2, 0.25) is 0 Å². The number of nitrogens with zero attached hydrogens (tertiary/aromatic N) is 2. The van der Waals surface area contributed by atoms with Gasteiger partial charge in [0.15, 0.2) is 0 Å². The maximum absolute atomic E-state index is 12.6. The third-order valence-corrected chi connectivity index (χ3v) is 3.32. The molecule has 1 amide bonds. The summed E-state index contributed by atoms with van der Waals surface area (Å²) in [7, 11) is 0. The number of nitrogens with one attached hydrogen (secondary N) is 1. The molecular weight excluding hydrogens is 342 g/mol. The van der Waals surface area contributed by atoms with E-state index in [0.717, 1.165) is 16.2 Å². The molecule has 0 aliphatic carbocycles. The van der Waals surface area contributed by atoms with Crippen molar-refractivity contribution in [1.29, 1.82) is 0 Å². The molecule has 0 saturated heterocycles. The summed E-state index contributed by atoms with van der Waals surface area (Å²) >= 11 is 0. The molecule has 136 valence electrons. The van der Waals surface area contributed by atoms with Crippen LogP contribution in [0.5, 0.6) is 0 Å². The molecule has 0 radical (unpaired) electrons. The Morgan fingerprint density at radius 1 is 1.19 bits per heavy atom. The van der Waals surface area contributed by atoms with E-state index in [0.29, 0.717) is 4.57 Å². The second kappa shape index (κ2) is 8.47. The number of carboxylic acids is 1. The van der Waals surface area contributed by atoms with E-state index in [9.17, 15) is 19.2 Å². The third-order valence-electron chi connectivity index (χ3n) is 3.32. The van der Waals surface area contributed by atoms with E-state index in [1.165, 1.54) is 6.08 Å². The van der Waals surface area contributed by atoms with Crippen molar-refractivity contribution < 1.29 is 19.4 Å². The number of rotatable bonds is 7. The van der Waals surface area contributed by atoms with Crippen LogP contribution in [0, 0.1) is 0 Å². The maximum atomic E-state index is 12.6. The highest BCUT2D eigenvalue weighted by atomic mass is 16.5. The molecule has 26 heavy (non-hydrogen) atoms. The molecule has 2 aromatic rings. The molecular formula is C17H17N3O6. The zero-order chi connectivity index (χ0) is 19.1. The van der Waals surface area contributed by atoms with Crippen LogP contribution in [-0.2, 0) is 22.6 Å². The summed E-state index contributed by atoms with van der Waals surface area (Å²) < 4.78 is 6.46. The van der Waals surface area contributed by atoms with E-state index < -0.39 is 29.9 Å². The van der Waals surface area contributed by atoms with Gasteiger partial charge in [0.25, 0.3) is 5.56 Å². The molecule has 9 nitrogen and oxygen atoms in total. The molecule has 0 atom stereocenters. The molecule has 2 rings (SSSR count). The summed E-state index contributed by atoms with van der Waals surface area (Å²) in [5.41, 5.74) is -0.985. The summed E-state index contributed by atoms with van der Waals surface area (Å²) in [6, 6.07) is 9.79. The summed E-state index contributed by atoms with van der Waals surface area (Å²) in [6.07, 6.45) is 0.489. The van der Waals surface area contributed by atoms with Gasteiger partial charge in [-0.25, -0.2) is 14.2 Å². The number of benzene rings is 1. The quantitative estimate of drug-likeness (QED) is 0.708. The molecule has 0 fully saturated rings. The van der Waals surface area contributed by atoms with Crippen LogP contribution in [0.25, 0.3) is 0 Å². The van der Waals surface area contributed by atoms with Gasteiger partial charge in [-0.3, -0.25) is 19.5 Å². The topological polar surface area (TPSA) is 120 Å². The zero-order valence-corrected chi connectivity index (χ0v) is 13.8. The van der Waals surface area contributed by atoms with Crippen LogP contribution in [0.4, 0.5) is 10.6 Å². The molecule has 1 heterocycles. The average Bonchev–Trinajstić information content (AvgIpc) is 2.61. The highest BCUT2D eigenvalue weighted by molar-refractivity contribution is 5.83. The van der Waals surface area contributed by atoms with Gasteiger partial charge in [0, 0.05) is 6.07 Å². The minimum absolute atomic E-state index is 0.0244. The van der Waals surface area contributed by atoms with E-state index in [1.54, 1.807) is 30.3 Å². The smallest absolute Gasteiger partial charge is 0.413 e. The lowest BCUT2D eigenvalue weighted by Gasteiger charge is -2.15. The minimum Gasteiger partial charge on any atom is -0.480 e. The monoisotopic (exact) mass is 359 g/mol. The van der Waals surface area contributed by atoms with E-state index in [1.807, 2.05) is 0 Å². The van der Waals surface area contributed by atoms with Crippen LogP contribution in [-0.4, -0.2) is 32.9 Å². The maximum Gasteiger partial charge on any atom is 0.413 e. The molecule has 0 aliphatic heterocycles. The molecule has 0 saturated carbocycles. The summed E-state index contributed by atoms with van der Waals surface area (Å²) in [5.74, 6) is -1.43. The van der Waals surface area contributed by atoms with Crippen molar-refractivity contribution >= 4 is 17.9 Å². The predicted molar refractivity (Wildman–Crippen MR) is 93.3 cm³/mol. The van der Waals surface area contributed by atoms with Crippen molar-refractivity contribution in [2.24, 2.45) is 0 Å². The van der Waals surface area contributed by atoms with Crippen molar-refractivity contribution in [3.05, 3.63) is 75.5 Å². The Bertz CT molecular complexity index is 930. The van der Waals surface area contributed by atoms with Crippen molar-refractivity contribution in [2.45, 2.75) is 13.1 Å². The number of aliphatic carboxylic acids is 1. The van der Waals surface area contributed by atoms with Crippen LogP contribution in [0.3, 0.4) is 0 Å². The Kier molecular flexibility index (Phi) is 6.10. The molecule has 0 unspecified atom stereocenters. The van der Waals surface area contributed by atoms with Crippen LogP contribution in [0.1, 0.15) is 5.56 Å². The molecule has 0 spiro atoms. The number of hydrogen-bond donors (Lipinski definition) is 2. The molecule has 0 bridgehead atoms. The standard InChI is InChI=1S/C17H17N3O6/c1-2-8-26-16(24)18-13-9-14(21)20(11-15(22)23)17(25)19(13)10-12-6-4-3-5-7-12/h2-7,9H,1,8,10-11H2,(H,18,24)(H,22,23). The van der Waals surface area contributed by atoms with Crippen molar-refractivity contribution in [3.8, 4) is 0 Å². The molecule has 9 heteroatoms. The van der Waals surface area contributed by atoms with Crippen molar-refractivity contribution in [2.75, 3.05) is 11.9 Å². The Balaban J connectivity index is 2.49. The van der Waals surface area contributed by atoms with Crippen molar-refractivity contribution in [3.63, 3.8) is 0 Å². The predicted octanol–water partition coefficient (Wildman–Crippen LogP) is 0.877. The number of ether oxygens (including phenoxy) is 1. The van der Waals surface area contributed by atoms with Gasteiger partial charge in [-0.2, -0.15) is 0 Å². The molecule has 0 aliphatic rings. The Hall–Kier alpha value is -3.62. The summed E-state index contributed by atoms with van der Waals surface area (Å²) in [4.78, 5) is 47.4. The number of anilines is 1. The average molecular weight is 359 g/mol. The van der Waals surface area contributed by atoms with Crippen LogP contribution >= 0.6 is 0 Å². The lowest BCUT2D eigenvalue weighted by molar-refractivity contribution is -0.137. The fraction of sp³-hybridized carbons (Fsp3) is 0.176. The SMILES string of the molecule is C=CCOC(=O)Nc1cc(=O)n(CC(=O)O)c(=O)n1Cc1ccccc1. The first-order chi connectivity index (χ1) is 12.4. The van der Waals surface area contributed by atoms with Gasteiger partial charge in [0.1, 0.15) is 19.0 Å². The Morgan fingerprint density at radius 2 is 1.88 bits per heavy atom. The second-order valence-corrected chi connectivity index (χ2v) is 5.21. The van der Waals surface area contributed by atoms with Gasteiger partial charge in [-0.05, 0) is 5.56 Å². The third kappa shape index (κ3) is 4.69. The lowest BCUT2D eigenvalue weighted by atomic mass is 10.2. The fourth-order valence-electron chi connectivity index (χ4n) is 2.19. The first-order valence-corrected chi connectivity index (χ1v) is 7.57. The highest BCUT2D eigenvalue weighted by Crippen LogP contribution is 2.07. The number of aromatic nitrogens is 2. The lowest BCUT2D eigenvalue weighted by Crippen LogP contribution is -2.42. The summed E-state index contributed by atoms with van der Waals surface area (Å²) in [6.45, 7) is 2.60. The van der Waals surface area contributed by atoms with Gasteiger partial charge in [0.05, 0.1) is 6.54 Å². The van der Waals surface area contributed by atoms with E-state index in [2.05, 4.69) is 11.9 Å². The zero-order valence-electron chi connectivity index (χ0n) is 13.8.